The number of nitrogens with zero attached hydrogens (tertiary/aromatic N) is 8. The zero-order valence-electron chi connectivity index (χ0n) is 55.0. The number of hydrogen-bond acceptors (Lipinski definition) is 29. The maximum atomic E-state index is 11.2. The summed E-state index contributed by atoms with van der Waals surface area (Å²) >= 11 is 45.8. The minimum absolute atomic E-state index is 0. The van der Waals surface area contributed by atoms with Crippen molar-refractivity contribution in [2.75, 3.05) is 17.4 Å². The van der Waals surface area contributed by atoms with Crippen LogP contribution in [0.1, 0.15) is 65.4 Å². The van der Waals surface area contributed by atoms with Crippen LogP contribution < -0.4 is 39.2 Å². The molecule has 2 heterocycles. The number of phenols is 5. The minimum Gasteiger partial charge on any atom is -0.506 e. The van der Waals surface area contributed by atoms with E-state index in [0.29, 0.717) is 84.2 Å². The van der Waals surface area contributed by atoms with Crippen LogP contribution >= 0.6 is 273 Å². The van der Waals surface area contributed by atoms with Gasteiger partial charge in [0.2, 0.25) is 16.7 Å². The molecule has 0 spiro atoms. The van der Waals surface area contributed by atoms with Crippen LogP contribution in [-0.4, -0.2) is 144 Å². The Labute approximate surface area is 785 Å². The van der Waals surface area contributed by atoms with Gasteiger partial charge in [-0.1, -0.05) is 127 Å². The van der Waals surface area contributed by atoms with E-state index in [1.165, 1.54) is 54.7 Å². The number of hydrazone groups is 1. The van der Waals surface area contributed by atoms with Crippen LogP contribution in [0, 0.1) is 0 Å². The summed E-state index contributed by atoms with van der Waals surface area (Å²) < 4.78 is 29.3. The van der Waals surface area contributed by atoms with Gasteiger partial charge in [0, 0.05) is 38.2 Å². The van der Waals surface area contributed by atoms with Gasteiger partial charge in [0.1, 0.15) is 53.0 Å². The van der Waals surface area contributed by atoms with E-state index in [-0.39, 0.29) is 104 Å². The third-order valence-corrected chi connectivity index (χ3v) is 19.3. The van der Waals surface area contributed by atoms with Crippen molar-refractivity contribution >= 4 is 328 Å². The molecule has 0 unspecified atom stereocenters. The van der Waals surface area contributed by atoms with Crippen LogP contribution in [0.25, 0.3) is 22.5 Å². The molecule has 602 valence electrons. The van der Waals surface area contributed by atoms with Crippen LogP contribution in [0.15, 0.2) is 191 Å². The largest absolute Gasteiger partial charge is 0.506 e. The molecule has 2 aromatic heterocycles. The quantitative estimate of drug-likeness (QED) is 0.00431. The molecular weight excluding hydrogens is 2580 g/mol. The molecule has 0 bridgehead atoms. The smallest absolute Gasteiger partial charge is 0.336 e. The average Bonchev–Trinajstić information content (AvgIpc) is 0.849. The molecule has 0 fully saturated rings. The first-order valence-corrected chi connectivity index (χ1v) is 43.2. The number of benzene rings is 7. The fraction of sp³-hybridized carbons (Fsp3) is 0.127. The summed E-state index contributed by atoms with van der Waals surface area (Å²) in [6.45, 7) is 1.96. The SMILES string of the molecule is C.C.CC(=O)c1cc(Br)c(O)c(Br)c1.CI.CSC(N)=NN.CSc1ncc(-c2cc(Br)c(O)c(Br)c2)nn1.I.NNC(N)=S.NO.O=C(/C=N\O)c1cc(Br)c(O)c(Br)c1.O=CC(=O)c1cc(Br)c(O)c(Br)c1.O=[Se]=O.OCc1ccc(Br)cc1.Oc1c(Br)cc(-c2cnc(OCc3ccc(Br)cc3)nn2)cc1Br.[2HH]. The van der Waals surface area contributed by atoms with E-state index in [4.69, 9.17) is 45.2 Å². The number of hydrogen-bond donors (Lipinski definition) is 14. The van der Waals surface area contributed by atoms with Crippen molar-refractivity contribution in [3.8, 4) is 57.3 Å². The van der Waals surface area contributed by atoms with Crippen LogP contribution in [0.5, 0.6) is 34.8 Å². The monoisotopic (exact) mass is 2640 g/mol. The predicted molar refractivity (Wildman–Crippen MR) is 498 cm³/mol. The van der Waals surface area contributed by atoms with Gasteiger partial charge >= 0.3 is 28.5 Å². The van der Waals surface area contributed by atoms with E-state index in [1.54, 1.807) is 48.8 Å². The van der Waals surface area contributed by atoms with Gasteiger partial charge in [0.25, 0.3) is 0 Å². The number of thioether (sulfide) groups is 2. The van der Waals surface area contributed by atoms with Crippen molar-refractivity contribution in [1.82, 2.24) is 35.8 Å². The summed E-state index contributed by atoms with van der Waals surface area (Å²) in [5.41, 5.74) is 17.8. The number of ketones is 3. The topological polar surface area (TPSA) is 518 Å². The van der Waals surface area contributed by atoms with E-state index in [1.807, 2.05) is 71.4 Å². The molecule has 0 atom stereocenters. The van der Waals surface area contributed by atoms with Crippen molar-refractivity contribution < 1.29 is 74.1 Å². The van der Waals surface area contributed by atoms with E-state index < -0.39 is 26.4 Å². The summed E-state index contributed by atoms with van der Waals surface area (Å²) in [5, 5.41) is 93.7. The molecule has 0 aliphatic heterocycles. The maximum absolute atomic E-state index is 11.2. The van der Waals surface area contributed by atoms with Gasteiger partial charge in [0.05, 0.1) is 63.7 Å². The van der Waals surface area contributed by atoms with E-state index in [9.17, 15) is 44.7 Å². The molecule has 47 heteroatoms. The first-order chi connectivity index (χ1) is 50.6. The molecule has 19 N–H and O–H groups in total. The van der Waals surface area contributed by atoms with E-state index in [2.05, 4.69) is 278 Å². The number of aliphatic hydroxyl groups is 1. The fourth-order valence-corrected chi connectivity index (χ4v) is 13.0. The van der Waals surface area contributed by atoms with E-state index >= 15 is 0 Å². The summed E-state index contributed by atoms with van der Waals surface area (Å²) in [5.74, 6) is 12.2. The number of Topliss-reactive ketones (excluding diaryl/α,β-unsaturated/α-hetero) is 3. The van der Waals surface area contributed by atoms with Crippen molar-refractivity contribution in [1.29, 1.82) is 0 Å². The molecular formula is C63H68Br12I2N14O15S3Se. The van der Waals surface area contributed by atoms with Crippen molar-refractivity contribution in [3.05, 3.63) is 203 Å². The Bertz CT molecular complexity index is 4340. The Kier molecular flexibility index (Phi) is 68.4. The molecule has 9 aromatic rings. The third-order valence-electron chi connectivity index (χ3n) is 11.1. The number of phenolic OH excluding ortho intramolecular Hbond substituents is 5. The van der Waals surface area contributed by atoms with Gasteiger partial charge in [-0.25, -0.2) is 21.7 Å². The van der Waals surface area contributed by atoms with Gasteiger partial charge < -0.3 is 68.5 Å². The second-order valence-electron chi connectivity index (χ2n) is 18.0. The Hall–Kier alpha value is -3.65. The van der Waals surface area contributed by atoms with Gasteiger partial charge in [-0.05, 0) is 292 Å². The van der Waals surface area contributed by atoms with Crippen LogP contribution in [-0.2, 0) is 25.7 Å². The number of aromatic nitrogens is 6. The number of rotatable bonds is 12. The first kappa shape index (κ1) is 115. The Morgan fingerprint density at radius 2 is 0.909 bits per heavy atom. The number of ether oxygens (including phenoxy) is 1. The second-order valence-corrected chi connectivity index (χ2v) is 30.7. The zero-order valence-corrected chi connectivity index (χ0v) is 82.7. The fourth-order valence-electron chi connectivity index (χ4n) is 6.13. The molecule has 110 heavy (non-hydrogen) atoms. The van der Waals surface area contributed by atoms with Crippen LogP contribution in [0.4, 0.5) is 0 Å². The Morgan fingerprint density at radius 3 is 1.16 bits per heavy atom. The number of alkyl halides is 1. The number of thiocarbonyl (C=S) groups is 1. The summed E-state index contributed by atoms with van der Waals surface area (Å²) in [7, 11) is 0. The summed E-state index contributed by atoms with van der Waals surface area (Å²) in [6, 6.07) is 31.4. The van der Waals surface area contributed by atoms with Crippen LogP contribution in [0.3, 0.4) is 0 Å². The number of nitrogens with one attached hydrogen (secondary N) is 1. The number of amidine groups is 1. The number of halogens is 14. The molecule has 0 saturated heterocycles. The van der Waals surface area contributed by atoms with E-state index in [0.717, 1.165) is 37.4 Å². The number of aliphatic hydroxyl groups excluding tert-OH is 1. The van der Waals surface area contributed by atoms with Gasteiger partial charge in [0.15, 0.2) is 22.3 Å². The number of hydrazine groups is 1. The molecule has 0 aliphatic carbocycles. The number of oxime groups is 1. The number of nitrogens with two attached hydrogens (primary N) is 5. The number of aromatic hydroxyl groups is 5. The minimum atomic E-state index is -1.62. The molecule has 7 aromatic carbocycles. The Balaban J connectivity index is -0.000000288. The van der Waals surface area contributed by atoms with Gasteiger partial charge in [-0.2, -0.15) is 5.10 Å². The molecule has 9 rings (SSSR count). The number of carbonyl (C=O) groups is 4. The van der Waals surface area contributed by atoms with Crippen molar-refractivity contribution in [2.24, 2.45) is 39.3 Å². The number of carbonyl (C=O) groups excluding carboxylic acids is 4. The van der Waals surface area contributed by atoms with Crippen molar-refractivity contribution in [3.63, 3.8) is 0 Å². The van der Waals surface area contributed by atoms with Gasteiger partial charge in [-0.15, -0.1) is 39.3 Å². The van der Waals surface area contributed by atoms with Crippen molar-refractivity contribution in [2.45, 2.75) is 40.1 Å². The molecule has 29 nitrogen and oxygen atoms in total. The summed E-state index contributed by atoms with van der Waals surface area (Å²) in [6.07, 6.45) is 7.95. The molecule has 0 aliphatic rings. The van der Waals surface area contributed by atoms with Crippen LogP contribution in [0.2, 0.25) is 0 Å². The molecule has 0 radical (unpaired) electrons. The first-order valence-electron chi connectivity index (χ1n) is 27.3. The standard InChI is InChI=1S/C16H10Br3N3O2.C10H7Br2N3OS.C8H5Br2NO3.C8H4Br2O3.C8H6Br2O2.C7H7BrO.C2H7N3S.CH3I.CH5N3S.2CH4.HI.H3NO.O2Se.H2/c17-11-3-1-9(2-4-11)8-24-16-20-7-14(21-22-16)10-5-12(18)15(23)13(19)6-10;1-17-10-13-4-8(14-15-10)5-2-6(11)9(16)7(12)3-5;9-5-1-4(7(12)3-11-14)2-6(10)8(5)13;9-5-1-4(7(12)3-11)2-6(10)8(5)13;1-4(11)5-2-6(9)8(12)7(10)3-5;8-7-3-1-6(5-9)2-4-7;1-6-2(3)5-4;1-2;2-1(5)4-3;;;;1-2;1-3-2;/h1-7,23H,8H2;2-4,16H,1H3;1-3,13-14H;1-3,13H;2-3,12H,1H3;1-4,9H,5H2;4H2,1H3,(H2,3,5);1H3;3H2,(H3,2,4,5);2*1H4;1H;2H,1H2;;1H/b;;11-3-;;;;;;;;;;;;/i;;;;;;;;;;;;;;1+1. The normalized spacial score (nSPS) is 9.48. The third kappa shape index (κ3) is 45.6. The summed E-state index contributed by atoms with van der Waals surface area (Å²) in [4.78, 5) is 53.6. The average molecular weight is 2650 g/mol. The molecule has 0 amide bonds. The Morgan fingerprint density at radius 1 is 0.591 bits per heavy atom. The molecule has 0 saturated carbocycles. The zero-order chi connectivity index (χ0) is 82.2. The van der Waals surface area contributed by atoms with Gasteiger partial charge in [-0.3, -0.25) is 19.2 Å². The predicted octanol–water partition coefficient (Wildman–Crippen LogP) is 18.7. The second kappa shape index (κ2) is 65.5. The number of aldehydes is 1. The maximum Gasteiger partial charge on any atom is 0.336 e.